The number of rotatable bonds is 4. The number of ketones is 2. The fourth-order valence-corrected chi connectivity index (χ4v) is 4.64. The van der Waals surface area contributed by atoms with E-state index in [1.807, 2.05) is 6.07 Å². The van der Waals surface area contributed by atoms with Crippen molar-refractivity contribution >= 4 is 11.6 Å². The lowest BCUT2D eigenvalue weighted by atomic mass is 9.65. The molecule has 3 aliphatic carbocycles. The van der Waals surface area contributed by atoms with Gasteiger partial charge in [-0.15, -0.1) is 0 Å². The van der Waals surface area contributed by atoms with Gasteiger partial charge in [0.05, 0.1) is 6.61 Å². The van der Waals surface area contributed by atoms with Gasteiger partial charge in [0.2, 0.25) is 0 Å². The largest absolute Gasteiger partial charge is 0.494 e. The van der Waals surface area contributed by atoms with Crippen molar-refractivity contribution in [2.75, 3.05) is 6.61 Å². The molecule has 1 aromatic rings. The molecular weight excluding hydrogens is 288 g/mol. The highest BCUT2D eigenvalue weighted by Gasteiger charge is 2.60. The van der Waals surface area contributed by atoms with Crippen molar-refractivity contribution in [2.45, 2.75) is 33.1 Å². The average molecular weight is 310 g/mol. The van der Waals surface area contributed by atoms with Gasteiger partial charge >= 0.3 is 0 Å². The highest BCUT2D eigenvalue weighted by molar-refractivity contribution is 6.17. The summed E-state index contributed by atoms with van der Waals surface area (Å²) in [5, 5.41) is 0. The van der Waals surface area contributed by atoms with Crippen molar-refractivity contribution in [1.82, 2.24) is 0 Å². The molecular formula is C20H22O3. The van der Waals surface area contributed by atoms with Crippen LogP contribution in [0, 0.1) is 23.2 Å². The summed E-state index contributed by atoms with van der Waals surface area (Å²) in [7, 11) is 0. The molecule has 4 rings (SSSR count). The van der Waals surface area contributed by atoms with Crippen LogP contribution in [0.5, 0.6) is 5.75 Å². The van der Waals surface area contributed by atoms with Gasteiger partial charge in [-0.05, 0) is 42.4 Å². The van der Waals surface area contributed by atoms with Gasteiger partial charge in [-0.1, -0.05) is 32.4 Å². The molecule has 4 unspecified atom stereocenters. The molecule has 0 spiro atoms. The molecule has 2 bridgehead atoms. The van der Waals surface area contributed by atoms with Crippen molar-refractivity contribution < 1.29 is 14.3 Å². The summed E-state index contributed by atoms with van der Waals surface area (Å²) in [4.78, 5) is 26.0. The van der Waals surface area contributed by atoms with Gasteiger partial charge in [-0.2, -0.15) is 0 Å². The molecule has 4 atom stereocenters. The Balaban J connectivity index is 1.70. The maximum absolute atomic E-state index is 13.0. The molecule has 0 amide bonds. The van der Waals surface area contributed by atoms with Crippen LogP contribution in [0.1, 0.15) is 53.8 Å². The van der Waals surface area contributed by atoms with E-state index in [0.717, 1.165) is 19.3 Å². The van der Waals surface area contributed by atoms with Gasteiger partial charge in [-0.25, -0.2) is 0 Å². The van der Waals surface area contributed by atoms with Crippen molar-refractivity contribution in [1.29, 1.82) is 0 Å². The zero-order valence-corrected chi connectivity index (χ0v) is 13.7. The summed E-state index contributed by atoms with van der Waals surface area (Å²) in [6.07, 6.45) is 7.27. The summed E-state index contributed by atoms with van der Waals surface area (Å²) < 4.78 is 5.71. The Hall–Kier alpha value is -1.90. The number of fused-ring (bicyclic) bond motifs is 6. The summed E-state index contributed by atoms with van der Waals surface area (Å²) in [5.74, 6) is 0.837. The van der Waals surface area contributed by atoms with E-state index in [9.17, 15) is 9.59 Å². The molecule has 120 valence electrons. The Morgan fingerprint density at radius 3 is 2.83 bits per heavy atom. The van der Waals surface area contributed by atoms with Crippen LogP contribution >= 0.6 is 0 Å². The second-order valence-corrected chi connectivity index (χ2v) is 7.37. The molecule has 1 fully saturated rings. The SMILES string of the molecule is CCCCOc1ccc2c(c1)C(=O)C1C3C=CC(C)(C3)C1C2=O. The first-order valence-electron chi connectivity index (χ1n) is 8.60. The lowest BCUT2D eigenvalue weighted by Gasteiger charge is -2.36. The Kier molecular flexibility index (Phi) is 3.22. The van der Waals surface area contributed by atoms with Crippen LogP contribution in [-0.2, 0) is 0 Å². The Morgan fingerprint density at radius 2 is 2.04 bits per heavy atom. The molecule has 23 heavy (non-hydrogen) atoms. The fourth-order valence-electron chi connectivity index (χ4n) is 4.64. The first-order chi connectivity index (χ1) is 11.0. The molecule has 0 heterocycles. The third-order valence-corrected chi connectivity index (χ3v) is 5.80. The van der Waals surface area contributed by atoms with Crippen LogP contribution in [-0.4, -0.2) is 18.2 Å². The Morgan fingerprint density at radius 1 is 1.22 bits per heavy atom. The highest BCUT2D eigenvalue weighted by atomic mass is 16.5. The number of Topliss-reactive ketones (excluding diaryl/α,β-unsaturated/α-hetero) is 2. The Bertz CT molecular complexity index is 718. The Labute approximate surface area is 136 Å². The number of hydrogen-bond donors (Lipinski definition) is 0. The fraction of sp³-hybridized carbons (Fsp3) is 0.500. The molecule has 0 aromatic heterocycles. The first kappa shape index (κ1) is 14.7. The van der Waals surface area contributed by atoms with Crippen LogP contribution < -0.4 is 4.74 Å². The molecule has 0 saturated heterocycles. The molecule has 3 heteroatoms. The van der Waals surface area contributed by atoms with Crippen molar-refractivity contribution in [3.63, 3.8) is 0 Å². The predicted molar refractivity (Wildman–Crippen MR) is 87.8 cm³/mol. The third kappa shape index (κ3) is 2.02. The van der Waals surface area contributed by atoms with Crippen LogP contribution in [0.2, 0.25) is 0 Å². The van der Waals surface area contributed by atoms with Crippen LogP contribution in [0.25, 0.3) is 0 Å². The van der Waals surface area contributed by atoms with Crippen LogP contribution in [0.15, 0.2) is 30.4 Å². The maximum Gasteiger partial charge on any atom is 0.168 e. The minimum atomic E-state index is -0.177. The quantitative estimate of drug-likeness (QED) is 0.622. The van der Waals surface area contributed by atoms with Gasteiger partial charge in [-0.3, -0.25) is 9.59 Å². The van der Waals surface area contributed by atoms with Crippen LogP contribution in [0.4, 0.5) is 0 Å². The number of unbranched alkanes of at least 4 members (excludes halogenated alkanes) is 1. The van der Waals surface area contributed by atoms with E-state index in [1.165, 1.54) is 0 Å². The second kappa shape index (κ2) is 5.05. The highest BCUT2D eigenvalue weighted by Crippen LogP contribution is 2.59. The normalized spacial score (nSPS) is 33.7. The standard InChI is InChI=1S/C20H22O3/c1-3-4-9-23-13-5-6-14-15(10-13)18(21)16-12-7-8-20(2,11-12)17(16)19(14)22/h5-8,10,12,16-17H,3-4,9,11H2,1-2H3. The molecule has 0 N–H and O–H groups in total. The molecule has 0 radical (unpaired) electrons. The molecule has 1 aromatic carbocycles. The topological polar surface area (TPSA) is 43.4 Å². The second-order valence-electron chi connectivity index (χ2n) is 7.37. The van der Waals surface area contributed by atoms with E-state index in [4.69, 9.17) is 4.74 Å². The number of hydrogen-bond acceptors (Lipinski definition) is 3. The first-order valence-corrected chi connectivity index (χ1v) is 8.60. The summed E-state index contributed by atoms with van der Waals surface area (Å²) in [6.45, 7) is 4.88. The van der Waals surface area contributed by atoms with E-state index in [2.05, 4.69) is 26.0 Å². The predicted octanol–water partition coefficient (Wildman–Crippen LogP) is 4.07. The average Bonchev–Trinajstić information content (AvgIpc) is 3.06. The van der Waals surface area contributed by atoms with E-state index >= 15 is 0 Å². The van der Waals surface area contributed by atoms with E-state index in [-0.39, 0.29) is 34.7 Å². The van der Waals surface area contributed by atoms with E-state index in [1.54, 1.807) is 12.1 Å². The van der Waals surface area contributed by atoms with Crippen molar-refractivity contribution in [3.8, 4) is 5.75 Å². The smallest absolute Gasteiger partial charge is 0.168 e. The van der Waals surface area contributed by atoms with Crippen LogP contribution in [0.3, 0.4) is 0 Å². The summed E-state index contributed by atoms with van der Waals surface area (Å²) >= 11 is 0. The zero-order chi connectivity index (χ0) is 16.2. The minimum absolute atomic E-state index is 0.128. The van der Waals surface area contributed by atoms with Crippen molar-refractivity contribution in [3.05, 3.63) is 41.5 Å². The third-order valence-electron chi connectivity index (χ3n) is 5.80. The van der Waals surface area contributed by atoms with Gasteiger partial charge in [0, 0.05) is 23.0 Å². The van der Waals surface area contributed by atoms with E-state index in [0.29, 0.717) is 23.5 Å². The number of benzene rings is 1. The number of carbonyl (C=O) groups is 2. The van der Waals surface area contributed by atoms with E-state index < -0.39 is 0 Å². The molecule has 3 aliphatic rings. The van der Waals surface area contributed by atoms with Gasteiger partial charge in [0.15, 0.2) is 11.6 Å². The zero-order valence-electron chi connectivity index (χ0n) is 13.7. The molecule has 3 nitrogen and oxygen atoms in total. The van der Waals surface area contributed by atoms with Gasteiger partial charge in [0.25, 0.3) is 0 Å². The number of carbonyl (C=O) groups excluding carboxylic acids is 2. The molecule has 1 saturated carbocycles. The lowest BCUT2D eigenvalue weighted by Crippen LogP contribution is -2.42. The number of allylic oxidation sites excluding steroid dienone is 2. The minimum Gasteiger partial charge on any atom is -0.494 e. The van der Waals surface area contributed by atoms with Crippen molar-refractivity contribution in [2.24, 2.45) is 23.2 Å². The van der Waals surface area contributed by atoms with Gasteiger partial charge < -0.3 is 4.74 Å². The maximum atomic E-state index is 13.0. The number of ether oxygens (including phenoxy) is 1. The lowest BCUT2D eigenvalue weighted by molar-refractivity contribution is 0.0676. The monoisotopic (exact) mass is 310 g/mol. The van der Waals surface area contributed by atoms with Gasteiger partial charge in [0.1, 0.15) is 5.75 Å². The molecule has 0 aliphatic heterocycles. The summed E-state index contributed by atoms with van der Waals surface area (Å²) in [6, 6.07) is 5.39. The summed E-state index contributed by atoms with van der Waals surface area (Å²) in [5.41, 5.74) is 1.01.